The van der Waals surface area contributed by atoms with Gasteiger partial charge in [0.05, 0.1) is 7.11 Å². The average Bonchev–Trinajstić information content (AvgIpc) is 2.48. The Morgan fingerprint density at radius 3 is 2.20 bits per heavy atom. The number of rotatable bonds is 6. The molecule has 2 aromatic rings. The Bertz CT molecular complexity index is 572. The van der Waals surface area contributed by atoms with Crippen molar-refractivity contribution in [3.8, 4) is 23.0 Å². The first kappa shape index (κ1) is 13.9. The minimum absolute atomic E-state index is 0.00754. The second kappa shape index (κ2) is 6.56. The average molecular weight is 275 g/mol. The Morgan fingerprint density at radius 2 is 1.50 bits per heavy atom. The van der Waals surface area contributed by atoms with Crippen molar-refractivity contribution in [2.45, 2.75) is 0 Å². The van der Waals surface area contributed by atoms with Crippen LogP contribution in [0.15, 0.2) is 42.5 Å². The summed E-state index contributed by atoms with van der Waals surface area (Å²) < 4.78 is 16.2. The van der Waals surface area contributed by atoms with Crippen molar-refractivity contribution < 1.29 is 19.3 Å². The highest BCUT2D eigenvalue weighted by molar-refractivity contribution is 5.61. The zero-order valence-corrected chi connectivity index (χ0v) is 11.2. The van der Waals surface area contributed by atoms with Gasteiger partial charge in [0.25, 0.3) is 0 Å². The summed E-state index contributed by atoms with van der Waals surface area (Å²) >= 11 is 0. The number of nitrogen functional groups attached to an aromatic ring is 1. The monoisotopic (exact) mass is 275 g/mol. The lowest BCUT2D eigenvalue weighted by atomic mass is 10.3. The quantitative estimate of drug-likeness (QED) is 0.481. The molecule has 0 amide bonds. The maximum atomic E-state index is 9.45. The van der Waals surface area contributed by atoms with Gasteiger partial charge in [-0.1, -0.05) is 18.2 Å². The topological polar surface area (TPSA) is 73.9 Å². The highest BCUT2D eigenvalue weighted by Crippen LogP contribution is 2.30. The van der Waals surface area contributed by atoms with Gasteiger partial charge < -0.3 is 25.1 Å². The molecule has 3 N–H and O–H groups in total. The summed E-state index contributed by atoms with van der Waals surface area (Å²) in [5.74, 6) is 1.77. The third-order valence-corrected chi connectivity index (χ3v) is 2.71. The molecule has 0 heterocycles. The Kier molecular flexibility index (Phi) is 4.55. The van der Waals surface area contributed by atoms with Gasteiger partial charge >= 0.3 is 0 Å². The molecule has 0 atom stereocenters. The van der Waals surface area contributed by atoms with Crippen LogP contribution in [0.3, 0.4) is 0 Å². The Balaban J connectivity index is 1.86. The normalized spacial score (nSPS) is 10.1. The lowest BCUT2D eigenvalue weighted by molar-refractivity contribution is 0.211. The predicted octanol–water partition coefficient (Wildman–Crippen LogP) is 2.44. The van der Waals surface area contributed by atoms with Crippen LogP contribution >= 0.6 is 0 Å². The molecule has 0 aliphatic carbocycles. The van der Waals surface area contributed by atoms with Gasteiger partial charge in [-0.3, -0.25) is 0 Å². The van der Waals surface area contributed by atoms with Crippen molar-refractivity contribution in [2.24, 2.45) is 0 Å². The number of hydrogen-bond acceptors (Lipinski definition) is 5. The number of phenolic OH excluding ortho intramolecular Hbond substituents is 1. The number of aromatic hydroxyl groups is 1. The zero-order valence-electron chi connectivity index (χ0n) is 11.2. The SMILES string of the molecule is COc1ccccc1OCCOc1cccc(O)c1N. The molecule has 0 fully saturated rings. The smallest absolute Gasteiger partial charge is 0.161 e. The first-order valence-corrected chi connectivity index (χ1v) is 6.18. The summed E-state index contributed by atoms with van der Waals surface area (Å²) in [6, 6.07) is 12.3. The molecule has 2 rings (SSSR count). The third-order valence-electron chi connectivity index (χ3n) is 2.71. The largest absolute Gasteiger partial charge is 0.506 e. The molecule has 20 heavy (non-hydrogen) atoms. The molecule has 0 saturated carbocycles. The maximum absolute atomic E-state index is 9.45. The van der Waals surface area contributed by atoms with Crippen LogP contribution in [0, 0.1) is 0 Å². The fraction of sp³-hybridized carbons (Fsp3) is 0.200. The van der Waals surface area contributed by atoms with E-state index in [2.05, 4.69) is 0 Å². The van der Waals surface area contributed by atoms with Crippen LogP contribution in [0.25, 0.3) is 0 Å². The van der Waals surface area contributed by atoms with Crippen LogP contribution in [-0.2, 0) is 0 Å². The molecular formula is C15H17NO4. The number of para-hydroxylation sites is 3. The van der Waals surface area contributed by atoms with Crippen LogP contribution in [0.2, 0.25) is 0 Å². The van der Waals surface area contributed by atoms with Gasteiger partial charge in [-0.2, -0.15) is 0 Å². The van der Waals surface area contributed by atoms with E-state index in [1.165, 1.54) is 6.07 Å². The Hall–Kier alpha value is -2.56. The van der Waals surface area contributed by atoms with E-state index >= 15 is 0 Å². The van der Waals surface area contributed by atoms with E-state index in [1.54, 1.807) is 19.2 Å². The molecule has 5 nitrogen and oxygen atoms in total. The van der Waals surface area contributed by atoms with Gasteiger partial charge in [0.15, 0.2) is 11.5 Å². The number of anilines is 1. The third kappa shape index (κ3) is 3.26. The van der Waals surface area contributed by atoms with E-state index in [0.717, 1.165) is 0 Å². The van der Waals surface area contributed by atoms with Gasteiger partial charge in [-0.05, 0) is 24.3 Å². The van der Waals surface area contributed by atoms with E-state index < -0.39 is 0 Å². The number of nitrogens with two attached hydrogens (primary N) is 1. The first-order chi connectivity index (χ1) is 9.72. The summed E-state index contributed by atoms with van der Waals surface area (Å²) in [5, 5.41) is 9.45. The molecule has 0 aliphatic rings. The van der Waals surface area contributed by atoms with Gasteiger partial charge in [0.2, 0.25) is 0 Å². The summed E-state index contributed by atoms with van der Waals surface area (Å²) in [5.41, 5.74) is 5.91. The number of phenols is 1. The number of ether oxygens (including phenoxy) is 3. The highest BCUT2D eigenvalue weighted by Gasteiger charge is 2.05. The van der Waals surface area contributed by atoms with Crippen molar-refractivity contribution in [2.75, 3.05) is 26.1 Å². The van der Waals surface area contributed by atoms with Crippen molar-refractivity contribution in [1.82, 2.24) is 0 Å². The minimum atomic E-state index is 0.00754. The van der Waals surface area contributed by atoms with E-state index in [1.807, 2.05) is 24.3 Å². The Labute approximate surface area is 117 Å². The molecule has 0 bridgehead atoms. The second-order valence-corrected chi connectivity index (χ2v) is 4.04. The van der Waals surface area contributed by atoms with Crippen LogP contribution < -0.4 is 19.9 Å². The first-order valence-electron chi connectivity index (χ1n) is 6.18. The lowest BCUT2D eigenvalue weighted by Gasteiger charge is -2.12. The standard InChI is InChI=1S/C15H17NO4/c1-18-12-6-2-3-7-13(12)19-9-10-20-14-8-4-5-11(17)15(14)16/h2-8,17H,9-10,16H2,1H3. The van der Waals surface area contributed by atoms with Crippen molar-refractivity contribution in [3.05, 3.63) is 42.5 Å². The van der Waals surface area contributed by atoms with Gasteiger partial charge in [0.1, 0.15) is 30.4 Å². The van der Waals surface area contributed by atoms with Crippen molar-refractivity contribution in [1.29, 1.82) is 0 Å². The molecule has 106 valence electrons. The molecule has 0 saturated heterocycles. The Morgan fingerprint density at radius 1 is 0.900 bits per heavy atom. The van der Waals surface area contributed by atoms with Crippen LogP contribution in [-0.4, -0.2) is 25.4 Å². The van der Waals surface area contributed by atoms with Crippen molar-refractivity contribution >= 4 is 5.69 Å². The van der Waals surface area contributed by atoms with E-state index in [0.29, 0.717) is 30.5 Å². The molecular weight excluding hydrogens is 258 g/mol. The molecule has 0 aromatic heterocycles. The predicted molar refractivity (Wildman–Crippen MR) is 76.5 cm³/mol. The van der Waals surface area contributed by atoms with Gasteiger partial charge in [0, 0.05) is 0 Å². The maximum Gasteiger partial charge on any atom is 0.161 e. The molecule has 0 aliphatic heterocycles. The van der Waals surface area contributed by atoms with Crippen LogP contribution in [0.5, 0.6) is 23.0 Å². The number of hydrogen-bond donors (Lipinski definition) is 2. The van der Waals surface area contributed by atoms with E-state index in [4.69, 9.17) is 19.9 Å². The lowest BCUT2D eigenvalue weighted by Crippen LogP contribution is -2.10. The van der Waals surface area contributed by atoms with Gasteiger partial charge in [-0.15, -0.1) is 0 Å². The van der Waals surface area contributed by atoms with E-state index in [-0.39, 0.29) is 11.4 Å². The number of benzene rings is 2. The number of methoxy groups -OCH3 is 1. The zero-order chi connectivity index (χ0) is 14.4. The summed E-state index contributed by atoms with van der Waals surface area (Å²) in [6.45, 7) is 0.654. The summed E-state index contributed by atoms with van der Waals surface area (Å²) in [7, 11) is 1.59. The second-order valence-electron chi connectivity index (χ2n) is 4.04. The molecule has 0 unspecified atom stereocenters. The molecule has 0 radical (unpaired) electrons. The minimum Gasteiger partial charge on any atom is -0.506 e. The van der Waals surface area contributed by atoms with Crippen molar-refractivity contribution in [3.63, 3.8) is 0 Å². The van der Waals surface area contributed by atoms with Gasteiger partial charge in [-0.25, -0.2) is 0 Å². The molecule has 2 aromatic carbocycles. The van der Waals surface area contributed by atoms with Crippen LogP contribution in [0.4, 0.5) is 5.69 Å². The van der Waals surface area contributed by atoms with Crippen LogP contribution in [0.1, 0.15) is 0 Å². The fourth-order valence-corrected chi connectivity index (χ4v) is 1.70. The summed E-state index contributed by atoms with van der Waals surface area (Å²) in [6.07, 6.45) is 0. The molecule has 0 spiro atoms. The highest BCUT2D eigenvalue weighted by atomic mass is 16.5. The summed E-state index contributed by atoms with van der Waals surface area (Å²) in [4.78, 5) is 0. The fourth-order valence-electron chi connectivity index (χ4n) is 1.70. The molecule has 5 heteroatoms. The van der Waals surface area contributed by atoms with E-state index in [9.17, 15) is 5.11 Å².